The zero-order valence-electron chi connectivity index (χ0n) is 6.23. The van der Waals surface area contributed by atoms with Gasteiger partial charge >= 0.3 is 0 Å². The van der Waals surface area contributed by atoms with Crippen LogP contribution in [-0.2, 0) is 0 Å². The number of rotatable bonds is 0. The Morgan fingerprint density at radius 1 is 0.625 bits per heavy atom. The van der Waals surface area contributed by atoms with E-state index in [-0.39, 0.29) is 34.0 Å². The Bertz CT molecular complexity index is 8.49. The van der Waals surface area contributed by atoms with Crippen LogP contribution < -0.4 is 0 Å². The highest BCUT2D eigenvalue weighted by molar-refractivity contribution is 8.93. The van der Waals surface area contributed by atoms with E-state index < -0.39 is 0 Å². The molecule has 0 aliphatic rings. The predicted molar refractivity (Wildman–Crippen MR) is 52.6 cm³/mol. The van der Waals surface area contributed by atoms with Gasteiger partial charge in [0.2, 0.25) is 0 Å². The molecule has 2 heteroatoms. The molecule has 0 aromatic heterocycles. The van der Waals surface area contributed by atoms with Crippen LogP contribution in [0.2, 0.25) is 0 Å². The summed E-state index contributed by atoms with van der Waals surface area (Å²) in [6, 6.07) is 0. The highest BCUT2D eigenvalue weighted by atomic mass is 79.9. The van der Waals surface area contributed by atoms with E-state index >= 15 is 0 Å². The summed E-state index contributed by atoms with van der Waals surface area (Å²) in [6.45, 7) is 8.50. The van der Waals surface area contributed by atoms with Crippen molar-refractivity contribution in [2.24, 2.45) is 0 Å². The van der Waals surface area contributed by atoms with E-state index in [1.54, 1.807) is 0 Å². The quantitative estimate of drug-likeness (QED) is 0.609. The van der Waals surface area contributed by atoms with Crippen molar-refractivity contribution < 1.29 is 0 Å². The van der Waals surface area contributed by atoms with Gasteiger partial charge in [-0.2, -0.15) is 0 Å². The van der Waals surface area contributed by atoms with Crippen LogP contribution in [0.5, 0.6) is 0 Å². The molecule has 0 heterocycles. The van der Waals surface area contributed by atoms with E-state index in [2.05, 4.69) is 27.7 Å². The molecule has 8 heavy (non-hydrogen) atoms. The smallest absolute Gasteiger partial charge is 0.0590 e. The molecule has 0 spiro atoms. The minimum Gasteiger partial charge on any atom is -0.114 e. The number of hydrogen-bond donors (Lipinski definition) is 0. The van der Waals surface area contributed by atoms with E-state index in [1.165, 1.54) is 12.8 Å². The van der Waals surface area contributed by atoms with Gasteiger partial charge in [0.1, 0.15) is 0 Å². The Morgan fingerprint density at radius 2 is 0.625 bits per heavy atom. The number of hydrogen-bond acceptors (Lipinski definition) is 0. The van der Waals surface area contributed by atoms with Gasteiger partial charge in [-0.3, -0.25) is 0 Å². The molecule has 0 radical (unpaired) electrons. The van der Waals surface area contributed by atoms with Crippen molar-refractivity contribution in [2.75, 3.05) is 0 Å². The predicted octanol–water partition coefficient (Wildman–Crippen LogP) is 3.99. The fraction of sp³-hybridized carbons (Fsp3) is 1.00. The molecule has 0 bridgehead atoms. The van der Waals surface area contributed by atoms with Crippen LogP contribution in [0.4, 0.5) is 0 Å². The molecule has 0 saturated heterocycles. The molecule has 0 saturated carbocycles. The first kappa shape index (κ1) is 23.1. The molecule has 0 aromatic rings. The van der Waals surface area contributed by atoms with Crippen molar-refractivity contribution in [3.8, 4) is 0 Å². The lowest BCUT2D eigenvalue weighted by molar-refractivity contribution is 1.09. The van der Waals surface area contributed by atoms with Crippen LogP contribution in [0.15, 0.2) is 0 Å². The minimum atomic E-state index is 0. The second kappa shape index (κ2) is 44.0. The molecule has 0 rings (SSSR count). The molecule has 0 amide bonds. The summed E-state index contributed by atoms with van der Waals surface area (Å²) in [6.07, 6.45) is 2.50. The summed E-state index contributed by atoms with van der Waals surface area (Å²) in [7, 11) is 0. The van der Waals surface area contributed by atoms with E-state index in [0.717, 1.165) is 0 Å². The standard InChI is InChI=1S/2C3H8.2BrH/c2*1-3-2;;/h2*3H2,1-2H3;2*1H. The van der Waals surface area contributed by atoms with Crippen LogP contribution in [0.25, 0.3) is 0 Å². The second-order valence-electron chi connectivity index (χ2n) is 1.41. The first-order valence-electron chi connectivity index (χ1n) is 2.83. The second-order valence-corrected chi connectivity index (χ2v) is 1.41. The Balaban J connectivity index is -0.0000000160. The average Bonchev–Trinajstić information content (AvgIpc) is 1.39. The minimum absolute atomic E-state index is 0. The lowest BCUT2D eigenvalue weighted by atomic mass is 10.6. The van der Waals surface area contributed by atoms with E-state index in [1.807, 2.05) is 0 Å². The first-order valence-corrected chi connectivity index (χ1v) is 2.83. The fourth-order valence-corrected chi connectivity index (χ4v) is 0. The highest BCUT2D eigenvalue weighted by Gasteiger charge is 1.36. The average molecular weight is 250 g/mol. The summed E-state index contributed by atoms with van der Waals surface area (Å²) in [5.74, 6) is 0. The zero-order chi connectivity index (χ0) is 5.41. The largest absolute Gasteiger partial charge is 0.114 e. The third kappa shape index (κ3) is 268. The molecule has 0 nitrogen and oxygen atoms in total. The van der Waals surface area contributed by atoms with Gasteiger partial charge in [-0.1, -0.05) is 40.5 Å². The van der Waals surface area contributed by atoms with Gasteiger partial charge < -0.3 is 0 Å². The summed E-state index contributed by atoms with van der Waals surface area (Å²) >= 11 is 0. The molecule has 0 atom stereocenters. The molecule has 0 aliphatic carbocycles. The molecule has 0 aromatic carbocycles. The molecule has 0 N–H and O–H groups in total. The maximum absolute atomic E-state index is 2.12. The Hall–Kier alpha value is 0.960. The summed E-state index contributed by atoms with van der Waals surface area (Å²) in [5, 5.41) is 0. The van der Waals surface area contributed by atoms with Gasteiger partial charge in [0.25, 0.3) is 0 Å². The van der Waals surface area contributed by atoms with Gasteiger partial charge in [-0.25, -0.2) is 0 Å². The van der Waals surface area contributed by atoms with Crippen molar-refractivity contribution in [1.29, 1.82) is 0 Å². The van der Waals surface area contributed by atoms with Crippen LogP contribution >= 0.6 is 34.0 Å². The van der Waals surface area contributed by atoms with Crippen LogP contribution in [0.1, 0.15) is 40.5 Å². The third-order valence-electron chi connectivity index (χ3n) is 0. The van der Waals surface area contributed by atoms with Crippen LogP contribution in [0.3, 0.4) is 0 Å². The zero-order valence-corrected chi connectivity index (χ0v) is 9.66. The Kier molecular flexibility index (Phi) is 127. The molecule has 56 valence electrons. The topological polar surface area (TPSA) is 0 Å². The summed E-state index contributed by atoms with van der Waals surface area (Å²) in [5.41, 5.74) is 0. The van der Waals surface area contributed by atoms with Gasteiger partial charge in [0.05, 0.1) is 0 Å². The van der Waals surface area contributed by atoms with E-state index in [9.17, 15) is 0 Å². The van der Waals surface area contributed by atoms with Gasteiger partial charge in [-0.15, -0.1) is 34.0 Å². The van der Waals surface area contributed by atoms with Gasteiger partial charge in [0, 0.05) is 0 Å². The van der Waals surface area contributed by atoms with Gasteiger partial charge in [0.15, 0.2) is 0 Å². The van der Waals surface area contributed by atoms with E-state index in [4.69, 9.17) is 0 Å². The van der Waals surface area contributed by atoms with Crippen molar-refractivity contribution in [3.63, 3.8) is 0 Å². The summed E-state index contributed by atoms with van der Waals surface area (Å²) < 4.78 is 0. The Labute approximate surface area is 74.6 Å². The van der Waals surface area contributed by atoms with Crippen molar-refractivity contribution in [3.05, 3.63) is 0 Å². The van der Waals surface area contributed by atoms with Crippen LogP contribution in [0, 0.1) is 0 Å². The first-order chi connectivity index (χ1) is 2.83. The monoisotopic (exact) mass is 248 g/mol. The lowest BCUT2D eigenvalue weighted by Gasteiger charge is -1.48. The van der Waals surface area contributed by atoms with Crippen molar-refractivity contribution in [2.45, 2.75) is 40.5 Å². The van der Waals surface area contributed by atoms with E-state index in [0.29, 0.717) is 0 Å². The van der Waals surface area contributed by atoms with Crippen LogP contribution in [-0.4, -0.2) is 0 Å². The normalized spacial score (nSPS) is 4.50. The lowest BCUT2D eigenvalue weighted by Crippen LogP contribution is -1.27. The van der Waals surface area contributed by atoms with Gasteiger partial charge in [-0.05, 0) is 0 Å². The van der Waals surface area contributed by atoms with Crippen molar-refractivity contribution in [1.82, 2.24) is 0 Å². The molecule has 0 unspecified atom stereocenters. The SMILES string of the molecule is Br.Br.CCC.CCC. The maximum atomic E-state index is 2.12. The van der Waals surface area contributed by atoms with Crippen molar-refractivity contribution >= 4 is 34.0 Å². The number of halogens is 2. The fourth-order valence-electron chi connectivity index (χ4n) is 0. The highest BCUT2D eigenvalue weighted by Crippen LogP contribution is 1.56. The molecule has 0 fully saturated rings. The third-order valence-corrected chi connectivity index (χ3v) is 0. The molecular weight excluding hydrogens is 232 g/mol. The Morgan fingerprint density at radius 3 is 0.625 bits per heavy atom. The molecule has 0 aliphatic heterocycles. The molecular formula is C6H18Br2. The summed E-state index contributed by atoms with van der Waals surface area (Å²) in [4.78, 5) is 0. The maximum Gasteiger partial charge on any atom is -0.0590 e.